The molecule has 1 amide bonds. The largest absolute Gasteiger partial charge is 0.480 e. The van der Waals surface area contributed by atoms with Crippen LogP contribution in [0.25, 0.3) is 0 Å². The van der Waals surface area contributed by atoms with E-state index in [2.05, 4.69) is 0 Å². The van der Waals surface area contributed by atoms with Gasteiger partial charge in [-0.25, -0.2) is 4.79 Å². The number of aliphatic carboxylic acids is 2. The molecule has 0 aromatic heterocycles. The van der Waals surface area contributed by atoms with Gasteiger partial charge in [-0.1, -0.05) is 30.3 Å². The fourth-order valence-electron chi connectivity index (χ4n) is 2.76. The van der Waals surface area contributed by atoms with Gasteiger partial charge in [0.1, 0.15) is 12.1 Å². The fraction of sp³-hybridized carbons (Fsp3) is 0.471. The summed E-state index contributed by atoms with van der Waals surface area (Å²) in [7, 11) is 0. The van der Waals surface area contributed by atoms with Crippen LogP contribution >= 0.6 is 0 Å². The van der Waals surface area contributed by atoms with E-state index in [0.29, 0.717) is 6.61 Å². The predicted octanol–water partition coefficient (Wildman–Crippen LogP) is 0.449. The fourth-order valence-corrected chi connectivity index (χ4v) is 2.76. The molecule has 1 saturated heterocycles. The SMILES string of the molecule is N[C@@H](CCC(=O)N1C[C@H](OCc2ccccc2)C[C@H]1C(=O)O)C(=O)O. The van der Waals surface area contributed by atoms with Gasteiger partial charge in [0.2, 0.25) is 5.91 Å². The standard InChI is InChI=1S/C17H22N2O6/c18-13(16(21)22)6-7-15(20)19-9-12(8-14(19)17(23)24)25-10-11-4-2-1-3-5-11/h1-5,12-14H,6-10,18H2,(H,21,22)(H,23,24)/t12-,13+,14+/m1/s1. The summed E-state index contributed by atoms with van der Waals surface area (Å²) in [5.74, 6) is -2.70. The van der Waals surface area contributed by atoms with Gasteiger partial charge in [-0.3, -0.25) is 9.59 Å². The van der Waals surface area contributed by atoms with Gasteiger partial charge < -0.3 is 25.6 Å². The van der Waals surface area contributed by atoms with Crippen LogP contribution in [-0.2, 0) is 25.7 Å². The molecule has 0 unspecified atom stereocenters. The number of carbonyl (C=O) groups is 3. The average molecular weight is 350 g/mol. The Kier molecular flexibility index (Phi) is 6.49. The average Bonchev–Trinajstić information content (AvgIpc) is 3.03. The molecule has 0 bridgehead atoms. The highest BCUT2D eigenvalue weighted by Crippen LogP contribution is 2.23. The van der Waals surface area contributed by atoms with Gasteiger partial charge in [0.05, 0.1) is 12.7 Å². The molecule has 1 aromatic carbocycles. The third-order valence-electron chi connectivity index (χ3n) is 4.18. The number of amides is 1. The van der Waals surface area contributed by atoms with Gasteiger partial charge in [0.25, 0.3) is 0 Å². The molecule has 136 valence electrons. The van der Waals surface area contributed by atoms with Crippen LogP contribution in [0.3, 0.4) is 0 Å². The summed E-state index contributed by atoms with van der Waals surface area (Å²) in [4.78, 5) is 35.6. The molecule has 2 rings (SSSR count). The van der Waals surface area contributed by atoms with Crippen LogP contribution in [-0.4, -0.2) is 57.7 Å². The van der Waals surface area contributed by atoms with E-state index in [4.69, 9.17) is 15.6 Å². The summed E-state index contributed by atoms with van der Waals surface area (Å²) >= 11 is 0. The summed E-state index contributed by atoms with van der Waals surface area (Å²) < 4.78 is 5.74. The minimum Gasteiger partial charge on any atom is -0.480 e. The van der Waals surface area contributed by atoms with E-state index < -0.39 is 29.9 Å². The van der Waals surface area contributed by atoms with Crippen LogP contribution in [0.1, 0.15) is 24.8 Å². The van der Waals surface area contributed by atoms with Gasteiger partial charge in [0.15, 0.2) is 0 Å². The van der Waals surface area contributed by atoms with E-state index in [1.807, 2.05) is 30.3 Å². The Bertz CT molecular complexity index is 621. The Hall–Kier alpha value is -2.45. The van der Waals surface area contributed by atoms with E-state index in [1.165, 1.54) is 4.90 Å². The van der Waals surface area contributed by atoms with Gasteiger partial charge in [-0.15, -0.1) is 0 Å². The Morgan fingerprint density at radius 2 is 1.92 bits per heavy atom. The predicted molar refractivity (Wildman–Crippen MR) is 87.6 cm³/mol. The van der Waals surface area contributed by atoms with Crippen molar-refractivity contribution in [3.63, 3.8) is 0 Å². The number of hydrogen-bond donors (Lipinski definition) is 3. The van der Waals surface area contributed by atoms with Crippen molar-refractivity contribution >= 4 is 17.8 Å². The minimum absolute atomic E-state index is 0.0352. The second-order valence-corrected chi connectivity index (χ2v) is 6.04. The van der Waals surface area contributed by atoms with E-state index >= 15 is 0 Å². The van der Waals surface area contributed by atoms with Crippen molar-refractivity contribution in [3.8, 4) is 0 Å². The number of carbonyl (C=O) groups excluding carboxylic acids is 1. The second-order valence-electron chi connectivity index (χ2n) is 6.04. The number of nitrogens with zero attached hydrogens (tertiary/aromatic N) is 1. The van der Waals surface area contributed by atoms with E-state index in [1.54, 1.807) is 0 Å². The molecular weight excluding hydrogens is 328 g/mol. The highest BCUT2D eigenvalue weighted by Gasteiger charge is 2.40. The van der Waals surface area contributed by atoms with Gasteiger partial charge in [-0.05, 0) is 12.0 Å². The maximum absolute atomic E-state index is 12.3. The molecule has 0 aliphatic carbocycles. The monoisotopic (exact) mass is 350 g/mol. The summed E-state index contributed by atoms with van der Waals surface area (Å²) in [5, 5.41) is 18.1. The molecule has 1 fully saturated rings. The summed E-state index contributed by atoms with van der Waals surface area (Å²) in [6, 6.07) is 7.36. The van der Waals surface area contributed by atoms with E-state index in [-0.39, 0.29) is 31.9 Å². The Labute approximate surface area is 145 Å². The Morgan fingerprint density at radius 1 is 1.24 bits per heavy atom. The lowest BCUT2D eigenvalue weighted by atomic mass is 10.1. The van der Waals surface area contributed by atoms with Gasteiger partial charge >= 0.3 is 11.9 Å². The van der Waals surface area contributed by atoms with Crippen molar-refractivity contribution in [1.82, 2.24) is 4.90 Å². The second kappa shape index (κ2) is 8.59. The summed E-state index contributed by atoms with van der Waals surface area (Å²) in [6.07, 6.45) is -0.313. The van der Waals surface area contributed by atoms with Crippen molar-refractivity contribution in [2.75, 3.05) is 6.54 Å². The molecule has 0 radical (unpaired) electrons. The Morgan fingerprint density at radius 3 is 2.52 bits per heavy atom. The normalized spacial score (nSPS) is 21.1. The quantitative estimate of drug-likeness (QED) is 0.620. The number of likely N-dealkylation sites (tertiary alicyclic amines) is 1. The first-order valence-electron chi connectivity index (χ1n) is 8.04. The molecular formula is C17H22N2O6. The van der Waals surface area contributed by atoms with Crippen molar-refractivity contribution in [2.24, 2.45) is 5.73 Å². The lowest BCUT2D eigenvalue weighted by Crippen LogP contribution is -2.41. The zero-order chi connectivity index (χ0) is 18.4. The number of rotatable bonds is 8. The molecule has 1 aromatic rings. The zero-order valence-electron chi connectivity index (χ0n) is 13.7. The number of carboxylic acid groups (broad SMARTS) is 2. The minimum atomic E-state index is -1.19. The first-order chi connectivity index (χ1) is 11.9. The smallest absolute Gasteiger partial charge is 0.326 e. The molecule has 1 heterocycles. The van der Waals surface area contributed by atoms with Crippen LogP contribution in [0.15, 0.2) is 30.3 Å². The molecule has 8 heteroatoms. The number of carboxylic acids is 2. The maximum Gasteiger partial charge on any atom is 0.326 e. The van der Waals surface area contributed by atoms with E-state index in [9.17, 15) is 19.5 Å². The molecule has 8 nitrogen and oxygen atoms in total. The molecule has 25 heavy (non-hydrogen) atoms. The molecule has 3 atom stereocenters. The summed E-state index contributed by atoms with van der Waals surface area (Å²) in [5.41, 5.74) is 6.35. The van der Waals surface area contributed by atoms with Crippen LogP contribution in [0, 0.1) is 0 Å². The molecule has 1 aliphatic rings. The molecule has 1 aliphatic heterocycles. The highest BCUT2D eigenvalue weighted by molar-refractivity contribution is 5.85. The van der Waals surface area contributed by atoms with Gasteiger partial charge in [0, 0.05) is 19.4 Å². The third kappa shape index (κ3) is 5.27. The number of benzene rings is 1. The van der Waals surface area contributed by atoms with E-state index in [0.717, 1.165) is 5.56 Å². The van der Waals surface area contributed by atoms with Gasteiger partial charge in [-0.2, -0.15) is 0 Å². The molecule has 0 spiro atoms. The topological polar surface area (TPSA) is 130 Å². The van der Waals surface area contributed by atoms with Crippen LogP contribution in [0.2, 0.25) is 0 Å². The first-order valence-corrected chi connectivity index (χ1v) is 8.04. The molecule has 0 saturated carbocycles. The van der Waals surface area contributed by atoms with Crippen molar-refractivity contribution in [3.05, 3.63) is 35.9 Å². The Balaban J connectivity index is 1.91. The maximum atomic E-state index is 12.3. The third-order valence-corrected chi connectivity index (χ3v) is 4.18. The van der Waals surface area contributed by atoms with Crippen molar-refractivity contribution in [2.45, 2.75) is 44.1 Å². The number of hydrogen-bond acceptors (Lipinski definition) is 5. The van der Waals surface area contributed by atoms with Crippen molar-refractivity contribution < 1.29 is 29.3 Å². The lowest BCUT2D eigenvalue weighted by molar-refractivity contribution is -0.148. The zero-order valence-corrected chi connectivity index (χ0v) is 13.7. The highest BCUT2D eigenvalue weighted by atomic mass is 16.5. The lowest BCUT2D eigenvalue weighted by Gasteiger charge is -2.21. The first kappa shape index (κ1) is 18.9. The van der Waals surface area contributed by atoms with Crippen LogP contribution in [0.5, 0.6) is 0 Å². The van der Waals surface area contributed by atoms with Crippen LogP contribution in [0.4, 0.5) is 0 Å². The number of nitrogens with two attached hydrogens (primary N) is 1. The number of ether oxygens (including phenoxy) is 1. The van der Waals surface area contributed by atoms with Crippen molar-refractivity contribution in [1.29, 1.82) is 0 Å². The molecule has 4 N–H and O–H groups in total. The summed E-state index contributed by atoms with van der Waals surface area (Å²) in [6.45, 7) is 0.509. The van der Waals surface area contributed by atoms with Crippen LogP contribution < -0.4 is 5.73 Å².